The number of hydrogen-bond acceptors (Lipinski definition) is 3. The number of hydrogen-bond donors (Lipinski definition) is 1. The van der Waals surface area contributed by atoms with E-state index in [0.717, 1.165) is 22.5 Å². The third-order valence-electron chi connectivity index (χ3n) is 4.23. The zero-order valence-corrected chi connectivity index (χ0v) is 14.5. The highest BCUT2D eigenvalue weighted by atomic mass is 16.5. The molecule has 0 aliphatic carbocycles. The first-order valence-electron chi connectivity index (χ1n) is 8.28. The number of carbonyl (C=O) groups excluding carboxylic acids is 1. The molecule has 0 radical (unpaired) electrons. The smallest absolute Gasteiger partial charge is 0.340 e. The van der Waals surface area contributed by atoms with E-state index in [1.54, 1.807) is 6.07 Å². The van der Waals surface area contributed by atoms with Crippen LogP contribution in [0.3, 0.4) is 0 Å². The van der Waals surface area contributed by atoms with Gasteiger partial charge in [-0.15, -0.1) is 0 Å². The van der Waals surface area contributed by atoms with E-state index in [0.29, 0.717) is 5.56 Å². The molecule has 0 aliphatic heterocycles. The number of rotatable bonds is 5. The van der Waals surface area contributed by atoms with Gasteiger partial charge in [0.1, 0.15) is 6.61 Å². The minimum Gasteiger partial charge on any atom is -0.457 e. The predicted molar refractivity (Wildman–Crippen MR) is 101 cm³/mol. The molecule has 0 amide bonds. The van der Waals surface area contributed by atoms with Gasteiger partial charge in [0.25, 0.3) is 0 Å². The van der Waals surface area contributed by atoms with Crippen molar-refractivity contribution < 1.29 is 9.53 Å². The highest BCUT2D eigenvalue weighted by molar-refractivity contribution is 5.96. The average Bonchev–Trinajstić information content (AvgIpc) is 2.65. The molecule has 0 fully saturated rings. The normalized spacial score (nSPS) is 10.3. The molecule has 25 heavy (non-hydrogen) atoms. The molecule has 0 unspecified atom stereocenters. The zero-order valence-electron chi connectivity index (χ0n) is 14.5. The lowest BCUT2D eigenvalue weighted by Gasteiger charge is -2.14. The Morgan fingerprint density at radius 2 is 1.52 bits per heavy atom. The Balaban J connectivity index is 1.78. The Hall–Kier alpha value is -3.07. The summed E-state index contributed by atoms with van der Waals surface area (Å²) < 4.78 is 5.47. The van der Waals surface area contributed by atoms with Gasteiger partial charge in [-0.2, -0.15) is 0 Å². The van der Waals surface area contributed by atoms with Gasteiger partial charge in [0.2, 0.25) is 0 Å². The molecule has 0 aliphatic rings. The molecule has 0 heterocycles. The van der Waals surface area contributed by atoms with Crippen molar-refractivity contribution in [1.82, 2.24) is 0 Å². The van der Waals surface area contributed by atoms with Crippen molar-refractivity contribution in [2.75, 3.05) is 5.32 Å². The second kappa shape index (κ2) is 7.67. The molecule has 3 nitrogen and oxygen atoms in total. The van der Waals surface area contributed by atoms with E-state index in [1.165, 1.54) is 5.56 Å². The standard InChI is InChI=1S/C22H21NO2/c1-16-9-8-14-20(17(16)2)23-21-13-7-6-12-19(21)22(24)25-15-18-10-4-3-5-11-18/h3-14,23H,15H2,1-2H3. The summed E-state index contributed by atoms with van der Waals surface area (Å²) in [5, 5.41) is 3.36. The number of aryl methyl sites for hydroxylation is 1. The van der Waals surface area contributed by atoms with E-state index in [-0.39, 0.29) is 12.6 Å². The molecular weight excluding hydrogens is 310 g/mol. The minimum absolute atomic E-state index is 0.261. The third-order valence-corrected chi connectivity index (χ3v) is 4.23. The van der Waals surface area contributed by atoms with Gasteiger partial charge >= 0.3 is 5.97 Å². The van der Waals surface area contributed by atoms with Crippen LogP contribution >= 0.6 is 0 Å². The molecule has 0 bridgehead atoms. The SMILES string of the molecule is Cc1cccc(Nc2ccccc2C(=O)OCc2ccccc2)c1C. The van der Waals surface area contributed by atoms with Crippen LogP contribution < -0.4 is 5.32 Å². The summed E-state index contributed by atoms with van der Waals surface area (Å²) in [5.74, 6) is -0.336. The third kappa shape index (κ3) is 4.07. The number of carbonyl (C=O) groups is 1. The highest BCUT2D eigenvalue weighted by Crippen LogP contribution is 2.25. The summed E-state index contributed by atoms with van der Waals surface area (Å²) in [6, 6.07) is 23.2. The Kier molecular flexibility index (Phi) is 5.14. The molecule has 0 aromatic heterocycles. The van der Waals surface area contributed by atoms with Gasteiger partial charge in [0.15, 0.2) is 0 Å². The van der Waals surface area contributed by atoms with E-state index in [2.05, 4.69) is 25.2 Å². The number of nitrogens with one attached hydrogen (secondary N) is 1. The fourth-order valence-corrected chi connectivity index (χ4v) is 2.60. The number of ether oxygens (including phenoxy) is 1. The average molecular weight is 331 g/mol. The molecular formula is C22H21NO2. The van der Waals surface area contributed by atoms with E-state index < -0.39 is 0 Å². The lowest BCUT2D eigenvalue weighted by atomic mass is 10.1. The number of para-hydroxylation sites is 1. The van der Waals surface area contributed by atoms with Crippen LogP contribution in [0.25, 0.3) is 0 Å². The fraction of sp³-hybridized carbons (Fsp3) is 0.136. The van der Waals surface area contributed by atoms with Crippen molar-refractivity contribution in [3.8, 4) is 0 Å². The van der Waals surface area contributed by atoms with E-state index in [9.17, 15) is 4.79 Å². The monoisotopic (exact) mass is 331 g/mol. The molecule has 0 saturated heterocycles. The zero-order chi connectivity index (χ0) is 17.6. The van der Waals surface area contributed by atoms with Crippen molar-refractivity contribution in [2.24, 2.45) is 0 Å². The van der Waals surface area contributed by atoms with Gasteiger partial charge in [0.05, 0.1) is 11.3 Å². The van der Waals surface area contributed by atoms with Gasteiger partial charge in [0, 0.05) is 5.69 Å². The Morgan fingerprint density at radius 1 is 0.840 bits per heavy atom. The van der Waals surface area contributed by atoms with E-state index >= 15 is 0 Å². The molecule has 3 aromatic rings. The van der Waals surface area contributed by atoms with Crippen LogP contribution in [0.4, 0.5) is 11.4 Å². The maximum atomic E-state index is 12.5. The van der Waals surface area contributed by atoms with Crippen molar-refractivity contribution in [3.05, 3.63) is 95.1 Å². The van der Waals surface area contributed by atoms with Crippen LogP contribution in [0, 0.1) is 13.8 Å². The van der Waals surface area contributed by atoms with Crippen LogP contribution in [0.2, 0.25) is 0 Å². The molecule has 3 aromatic carbocycles. The second-order valence-electron chi connectivity index (χ2n) is 5.98. The Morgan fingerprint density at radius 3 is 2.32 bits per heavy atom. The van der Waals surface area contributed by atoms with Crippen LogP contribution in [0.5, 0.6) is 0 Å². The lowest BCUT2D eigenvalue weighted by Crippen LogP contribution is -2.08. The molecule has 0 atom stereocenters. The summed E-state index contributed by atoms with van der Waals surface area (Å²) in [4.78, 5) is 12.5. The van der Waals surface area contributed by atoms with Crippen molar-refractivity contribution in [2.45, 2.75) is 20.5 Å². The molecule has 3 heteroatoms. The summed E-state index contributed by atoms with van der Waals surface area (Å²) in [6.45, 7) is 4.39. The van der Waals surface area contributed by atoms with Gasteiger partial charge in [-0.1, -0.05) is 54.6 Å². The van der Waals surface area contributed by atoms with Gasteiger partial charge < -0.3 is 10.1 Å². The van der Waals surface area contributed by atoms with Crippen LogP contribution in [-0.2, 0) is 11.3 Å². The van der Waals surface area contributed by atoms with E-state index in [4.69, 9.17) is 4.74 Å². The predicted octanol–water partition coefficient (Wildman–Crippen LogP) is 5.40. The first kappa shape index (κ1) is 16.8. The fourth-order valence-electron chi connectivity index (χ4n) is 2.60. The molecule has 0 spiro atoms. The number of benzene rings is 3. The largest absolute Gasteiger partial charge is 0.457 e. The topological polar surface area (TPSA) is 38.3 Å². The van der Waals surface area contributed by atoms with Gasteiger partial charge in [-0.3, -0.25) is 0 Å². The molecule has 3 rings (SSSR count). The Bertz CT molecular complexity index is 872. The molecule has 0 saturated carbocycles. The van der Waals surface area contributed by atoms with Crippen LogP contribution in [0.15, 0.2) is 72.8 Å². The first-order valence-corrected chi connectivity index (χ1v) is 8.28. The summed E-state index contributed by atoms with van der Waals surface area (Å²) in [7, 11) is 0. The number of esters is 1. The van der Waals surface area contributed by atoms with Gasteiger partial charge in [-0.25, -0.2) is 4.79 Å². The van der Waals surface area contributed by atoms with Gasteiger partial charge in [-0.05, 0) is 48.7 Å². The van der Waals surface area contributed by atoms with Crippen molar-refractivity contribution >= 4 is 17.3 Å². The maximum absolute atomic E-state index is 12.5. The van der Waals surface area contributed by atoms with Crippen molar-refractivity contribution in [1.29, 1.82) is 0 Å². The molecule has 1 N–H and O–H groups in total. The first-order chi connectivity index (χ1) is 12.1. The van der Waals surface area contributed by atoms with E-state index in [1.807, 2.05) is 60.7 Å². The molecule has 126 valence electrons. The van der Waals surface area contributed by atoms with Crippen LogP contribution in [0.1, 0.15) is 27.0 Å². The second-order valence-corrected chi connectivity index (χ2v) is 5.98. The van der Waals surface area contributed by atoms with Crippen LogP contribution in [-0.4, -0.2) is 5.97 Å². The maximum Gasteiger partial charge on any atom is 0.340 e. The van der Waals surface area contributed by atoms with Crippen molar-refractivity contribution in [3.63, 3.8) is 0 Å². The summed E-state index contributed by atoms with van der Waals surface area (Å²) >= 11 is 0. The highest BCUT2D eigenvalue weighted by Gasteiger charge is 2.13. The quantitative estimate of drug-likeness (QED) is 0.636. The minimum atomic E-state index is -0.336. The summed E-state index contributed by atoms with van der Waals surface area (Å²) in [5.41, 5.74) is 5.59. The number of anilines is 2. The lowest BCUT2D eigenvalue weighted by molar-refractivity contribution is 0.0474. The summed E-state index contributed by atoms with van der Waals surface area (Å²) in [6.07, 6.45) is 0. The Labute approximate surface area is 148 Å².